The Balaban J connectivity index is 2.02. The van der Waals surface area contributed by atoms with Gasteiger partial charge in [0.25, 0.3) is 0 Å². The summed E-state index contributed by atoms with van der Waals surface area (Å²) in [4.78, 5) is 14.1. The fraction of sp³-hybridized carbons (Fsp3) is 0.923. The molecule has 0 aromatic heterocycles. The highest BCUT2D eigenvalue weighted by molar-refractivity contribution is 5.79. The van der Waals surface area contributed by atoms with E-state index in [4.69, 9.17) is 0 Å². The van der Waals surface area contributed by atoms with E-state index in [1.54, 1.807) is 0 Å². The Hall–Kier alpha value is -0.570. The molecule has 1 N–H and O–H groups in total. The molecule has 1 saturated carbocycles. The first-order valence-electron chi connectivity index (χ1n) is 6.35. The van der Waals surface area contributed by atoms with Gasteiger partial charge in [0.05, 0.1) is 5.60 Å². The van der Waals surface area contributed by atoms with Crippen molar-refractivity contribution in [2.45, 2.75) is 52.1 Å². The highest BCUT2D eigenvalue weighted by Crippen LogP contribution is 2.39. The van der Waals surface area contributed by atoms with Gasteiger partial charge in [0.15, 0.2) is 0 Å². The number of nitrogens with zero attached hydrogens (tertiary/aromatic N) is 1. The molecule has 2 aliphatic rings. The summed E-state index contributed by atoms with van der Waals surface area (Å²) >= 11 is 0. The van der Waals surface area contributed by atoms with E-state index in [1.807, 2.05) is 25.7 Å². The predicted molar refractivity (Wildman–Crippen MR) is 62.9 cm³/mol. The molecule has 1 saturated heterocycles. The van der Waals surface area contributed by atoms with E-state index < -0.39 is 5.60 Å². The molecule has 2 fully saturated rings. The third kappa shape index (κ3) is 1.86. The lowest BCUT2D eigenvalue weighted by Gasteiger charge is -2.49. The second kappa shape index (κ2) is 3.73. The van der Waals surface area contributed by atoms with Crippen molar-refractivity contribution < 1.29 is 9.90 Å². The van der Waals surface area contributed by atoms with Gasteiger partial charge in [-0.2, -0.15) is 0 Å². The molecule has 1 atom stereocenters. The van der Waals surface area contributed by atoms with Gasteiger partial charge in [-0.05, 0) is 26.2 Å². The van der Waals surface area contributed by atoms with Crippen molar-refractivity contribution in [2.75, 3.05) is 13.1 Å². The maximum absolute atomic E-state index is 12.1. The molecule has 0 aromatic rings. The van der Waals surface area contributed by atoms with Crippen molar-refractivity contribution in [3.05, 3.63) is 0 Å². The van der Waals surface area contributed by atoms with Crippen LogP contribution in [0.3, 0.4) is 0 Å². The standard InChI is InChI=1S/C13H23NO2/c1-12(2)9-14(8-7-13(12,3)16)11(15)10-5-4-6-10/h10,16H,4-9H2,1-3H3. The molecule has 1 heterocycles. The second-order valence-electron chi connectivity index (χ2n) is 6.30. The Labute approximate surface area is 97.8 Å². The highest BCUT2D eigenvalue weighted by atomic mass is 16.3. The van der Waals surface area contributed by atoms with E-state index in [2.05, 4.69) is 0 Å². The zero-order chi connectivity index (χ0) is 12.0. The first-order valence-corrected chi connectivity index (χ1v) is 6.35. The van der Waals surface area contributed by atoms with Gasteiger partial charge >= 0.3 is 0 Å². The average Bonchev–Trinajstić information content (AvgIpc) is 2.06. The molecule has 1 aliphatic heterocycles. The lowest BCUT2D eigenvalue weighted by Crippen LogP contribution is -2.58. The van der Waals surface area contributed by atoms with Gasteiger partial charge in [-0.3, -0.25) is 4.79 Å². The summed E-state index contributed by atoms with van der Waals surface area (Å²) in [5.74, 6) is 0.591. The minimum atomic E-state index is -0.649. The van der Waals surface area contributed by atoms with Gasteiger partial charge in [0, 0.05) is 24.4 Å². The van der Waals surface area contributed by atoms with Crippen LogP contribution < -0.4 is 0 Å². The maximum Gasteiger partial charge on any atom is 0.225 e. The molecule has 1 amide bonds. The zero-order valence-electron chi connectivity index (χ0n) is 10.6. The summed E-state index contributed by atoms with van der Waals surface area (Å²) < 4.78 is 0. The summed E-state index contributed by atoms with van der Waals surface area (Å²) in [6, 6.07) is 0. The third-order valence-corrected chi connectivity index (χ3v) is 4.68. The maximum atomic E-state index is 12.1. The molecule has 16 heavy (non-hydrogen) atoms. The van der Waals surface area contributed by atoms with Gasteiger partial charge in [-0.25, -0.2) is 0 Å². The minimum absolute atomic E-state index is 0.204. The SMILES string of the molecule is CC1(C)CN(C(=O)C2CCC2)CCC1(C)O. The monoisotopic (exact) mass is 225 g/mol. The van der Waals surface area contributed by atoms with Gasteiger partial charge in [0.1, 0.15) is 0 Å². The van der Waals surface area contributed by atoms with Crippen LogP contribution in [0.25, 0.3) is 0 Å². The number of likely N-dealkylation sites (tertiary alicyclic amines) is 1. The summed E-state index contributed by atoms with van der Waals surface area (Å²) in [7, 11) is 0. The van der Waals surface area contributed by atoms with Gasteiger partial charge in [0.2, 0.25) is 5.91 Å². The molecule has 0 aromatic carbocycles. The molecule has 0 radical (unpaired) electrons. The Morgan fingerprint density at radius 3 is 2.38 bits per heavy atom. The fourth-order valence-corrected chi connectivity index (χ4v) is 2.52. The third-order valence-electron chi connectivity index (χ3n) is 4.68. The van der Waals surface area contributed by atoms with E-state index in [-0.39, 0.29) is 11.3 Å². The Morgan fingerprint density at radius 2 is 1.94 bits per heavy atom. The van der Waals surface area contributed by atoms with E-state index in [9.17, 15) is 9.90 Å². The van der Waals surface area contributed by atoms with Crippen LogP contribution in [0.4, 0.5) is 0 Å². The Bertz CT molecular complexity index is 292. The van der Waals surface area contributed by atoms with Crippen molar-refractivity contribution in [1.82, 2.24) is 4.90 Å². The molecule has 1 aliphatic carbocycles. The molecule has 92 valence electrons. The first-order chi connectivity index (χ1) is 7.33. The van der Waals surface area contributed by atoms with Crippen molar-refractivity contribution in [3.63, 3.8) is 0 Å². The number of piperidine rings is 1. The van der Waals surface area contributed by atoms with Gasteiger partial charge in [-0.1, -0.05) is 20.3 Å². The fourth-order valence-electron chi connectivity index (χ4n) is 2.52. The number of aliphatic hydroxyl groups is 1. The summed E-state index contributed by atoms with van der Waals surface area (Å²) in [5.41, 5.74) is -0.853. The minimum Gasteiger partial charge on any atom is -0.389 e. The Morgan fingerprint density at radius 1 is 1.31 bits per heavy atom. The van der Waals surface area contributed by atoms with Crippen molar-refractivity contribution >= 4 is 5.91 Å². The summed E-state index contributed by atoms with van der Waals surface area (Å²) in [6.07, 6.45) is 4.02. The van der Waals surface area contributed by atoms with Crippen LogP contribution in [0.15, 0.2) is 0 Å². The highest BCUT2D eigenvalue weighted by Gasteiger charge is 2.46. The lowest BCUT2D eigenvalue weighted by atomic mass is 9.70. The van der Waals surface area contributed by atoms with E-state index in [0.29, 0.717) is 25.4 Å². The van der Waals surface area contributed by atoms with Crippen LogP contribution in [0, 0.1) is 11.3 Å². The largest absolute Gasteiger partial charge is 0.389 e. The topological polar surface area (TPSA) is 40.5 Å². The number of carbonyl (C=O) groups excluding carboxylic acids is 1. The van der Waals surface area contributed by atoms with E-state index >= 15 is 0 Å². The smallest absolute Gasteiger partial charge is 0.225 e. The summed E-state index contributed by atoms with van der Waals surface area (Å²) in [6.45, 7) is 7.39. The van der Waals surface area contributed by atoms with Crippen LogP contribution in [-0.4, -0.2) is 34.6 Å². The van der Waals surface area contributed by atoms with Crippen molar-refractivity contribution in [1.29, 1.82) is 0 Å². The van der Waals surface area contributed by atoms with Crippen LogP contribution >= 0.6 is 0 Å². The van der Waals surface area contributed by atoms with Crippen LogP contribution in [0.1, 0.15) is 46.5 Å². The molecule has 3 heteroatoms. The van der Waals surface area contributed by atoms with Crippen LogP contribution in [-0.2, 0) is 4.79 Å². The molecule has 0 spiro atoms. The average molecular weight is 225 g/mol. The lowest BCUT2D eigenvalue weighted by molar-refractivity contribution is -0.153. The Kier molecular flexibility index (Phi) is 2.77. The second-order valence-corrected chi connectivity index (χ2v) is 6.30. The number of amides is 1. The van der Waals surface area contributed by atoms with Gasteiger partial charge in [-0.15, -0.1) is 0 Å². The molecule has 1 unspecified atom stereocenters. The summed E-state index contributed by atoms with van der Waals surface area (Å²) in [5, 5.41) is 10.3. The van der Waals surface area contributed by atoms with E-state index in [1.165, 1.54) is 6.42 Å². The van der Waals surface area contributed by atoms with E-state index in [0.717, 1.165) is 12.8 Å². The van der Waals surface area contributed by atoms with Gasteiger partial charge < -0.3 is 10.0 Å². The molecular weight excluding hydrogens is 202 g/mol. The normalized spacial score (nSPS) is 34.6. The quantitative estimate of drug-likeness (QED) is 0.739. The number of hydrogen-bond acceptors (Lipinski definition) is 2. The van der Waals surface area contributed by atoms with Crippen molar-refractivity contribution in [2.24, 2.45) is 11.3 Å². The number of rotatable bonds is 1. The molecule has 2 rings (SSSR count). The molecule has 3 nitrogen and oxygen atoms in total. The molecule has 0 bridgehead atoms. The number of carbonyl (C=O) groups is 1. The predicted octanol–water partition coefficient (Wildman–Crippen LogP) is 1.80. The molecular formula is C13H23NO2. The van der Waals surface area contributed by atoms with Crippen LogP contribution in [0.2, 0.25) is 0 Å². The first kappa shape index (κ1) is 11.9. The van der Waals surface area contributed by atoms with Crippen LogP contribution in [0.5, 0.6) is 0 Å². The van der Waals surface area contributed by atoms with Crippen molar-refractivity contribution in [3.8, 4) is 0 Å². The zero-order valence-corrected chi connectivity index (χ0v) is 10.6. The number of hydrogen-bond donors (Lipinski definition) is 1.